The number of nitrogens with zero attached hydrogens (tertiary/aromatic N) is 4. The van der Waals surface area contributed by atoms with Gasteiger partial charge in [0.15, 0.2) is 9.84 Å². The second-order valence-electron chi connectivity index (χ2n) is 8.14. The van der Waals surface area contributed by atoms with Crippen LogP contribution in [0.25, 0.3) is 23.0 Å². The summed E-state index contributed by atoms with van der Waals surface area (Å²) in [7, 11) is 0.362. The van der Waals surface area contributed by atoms with Crippen LogP contribution in [0, 0.1) is 0 Å². The molecule has 33 heavy (non-hydrogen) atoms. The number of aromatic nitrogens is 2. The summed E-state index contributed by atoms with van der Waals surface area (Å²) in [6.07, 6.45) is 5.49. The minimum absolute atomic E-state index is 0.0211. The number of carbonyl (C=O) groups is 1. The van der Waals surface area contributed by atoms with Crippen molar-refractivity contribution in [2.24, 2.45) is 0 Å². The molecule has 2 aromatic carbocycles. The van der Waals surface area contributed by atoms with Crippen molar-refractivity contribution in [3.8, 4) is 16.9 Å². The highest BCUT2D eigenvalue weighted by molar-refractivity contribution is 7.91. The zero-order chi connectivity index (χ0) is 23.6. The van der Waals surface area contributed by atoms with Gasteiger partial charge >= 0.3 is 0 Å². The van der Waals surface area contributed by atoms with E-state index in [4.69, 9.17) is 16.7 Å². The summed E-state index contributed by atoms with van der Waals surface area (Å²) in [5, 5.41) is 8.52. The molecule has 1 unspecified atom stereocenters. The second-order valence-corrected chi connectivity index (χ2v) is 10.8. The molecular weight excluding hydrogens is 460 g/mol. The van der Waals surface area contributed by atoms with Crippen LogP contribution in [0.15, 0.2) is 66.9 Å². The quantitative estimate of drug-likeness (QED) is 0.394. The number of hydrogen-bond donors (Lipinski definition) is 0. The molecule has 7 nitrogen and oxygen atoms in total. The number of halogens is 1. The number of carbonyl (C=O) groups excluding carboxylic acids is 1. The van der Waals surface area contributed by atoms with Crippen LogP contribution < -0.4 is 0 Å². The molecule has 0 N–H and O–H groups in total. The van der Waals surface area contributed by atoms with E-state index < -0.39 is 9.84 Å². The van der Waals surface area contributed by atoms with Crippen LogP contribution in [-0.2, 0) is 14.6 Å². The van der Waals surface area contributed by atoms with Gasteiger partial charge in [-0.25, -0.2) is 18.1 Å². The molecule has 0 saturated carbocycles. The maximum absolute atomic E-state index is 13.1. The first-order chi connectivity index (χ1) is 15.7. The molecule has 0 aliphatic carbocycles. The largest absolute Gasteiger partial charge is 0.268 e. The molecule has 0 spiro atoms. The van der Waals surface area contributed by atoms with Gasteiger partial charge in [0.25, 0.3) is 5.91 Å². The standard InChI is InChI=1S/C24H25ClN4O3S/c1-27(2)29(22-14-15-33(31,32)17-22)23(30)13-10-19-16-28(21-6-4-3-5-7-21)26-24(19)18-8-11-20(25)12-9-18/h3-13,16,22H,14-15,17H2,1-2H3/b13-10+. The fraction of sp³-hybridized carbons (Fsp3) is 0.250. The fourth-order valence-corrected chi connectivity index (χ4v) is 5.78. The van der Waals surface area contributed by atoms with Crippen molar-refractivity contribution in [3.63, 3.8) is 0 Å². The van der Waals surface area contributed by atoms with Gasteiger partial charge in [0.05, 0.1) is 28.9 Å². The van der Waals surface area contributed by atoms with Crippen molar-refractivity contribution < 1.29 is 13.2 Å². The normalized spacial score (nSPS) is 17.6. The number of hydrogen-bond acceptors (Lipinski definition) is 5. The molecule has 1 atom stereocenters. The zero-order valence-electron chi connectivity index (χ0n) is 18.4. The number of benzene rings is 2. The van der Waals surface area contributed by atoms with Crippen molar-refractivity contribution in [2.75, 3.05) is 25.6 Å². The number of para-hydroxylation sites is 1. The Kier molecular flexibility index (Phi) is 6.69. The minimum Gasteiger partial charge on any atom is -0.268 e. The van der Waals surface area contributed by atoms with Crippen LogP contribution in [0.3, 0.4) is 0 Å². The Bertz CT molecular complexity index is 1270. The Labute approximate surface area is 198 Å². The van der Waals surface area contributed by atoms with Crippen molar-refractivity contribution in [1.82, 2.24) is 19.8 Å². The Morgan fingerprint density at radius 1 is 1.12 bits per heavy atom. The van der Waals surface area contributed by atoms with Gasteiger partial charge in [0.1, 0.15) is 0 Å². The van der Waals surface area contributed by atoms with E-state index in [0.29, 0.717) is 17.1 Å². The lowest BCUT2D eigenvalue weighted by Gasteiger charge is -2.32. The molecule has 1 aromatic heterocycles. The number of amides is 1. The number of rotatable bonds is 6. The third kappa shape index (κ3) is 5.35. The second kappa shape index (κ2) is 9.51. The van der Waals surface area contributed by atoms with E-state index in [-0.39, 0.29) is 23.5 Å². The van der Waals surface area contributed by atoms with E-state index in [0.717, 1.165) is 16.8 Å². The van der Waals surface area contributed by atoms with E-state index in [9.17, 15) is 13.2 Å². The fourth-order valence-electron chi connectivity index (χ4n) is 3.96. The highest BCUT2D eigenvalue weighted by Gasteiger charge is 2.35. The average molecular weight is 485 g/mol. The summed E-state index contributed by atoms with van der Waals surface area (Å²) in [4.78, 5) is 13.1. The Hall–Kier alpha value is -2.94. The summed E-state index contributed by atoms with van der Waals surface area (Å²) < 4.78 is 25.6. The Morgan fingerprint density at radius 2 is 1.82 bits per heavy atom. The van der Waals surface area contributed by atoms with Gasteiger partial charge < -0.3 is 0 Å². The predicted molar refractivity (Wildman–Crippen MR) is 131 cm³/mol. The topological polar surface area (TPSA) is 75.5 Å². The molecular formula is C24H25ClN4O3S. The van der Waals surface area contributed by atoms with E-state index in [2.05, 4.69) is 0 Å². The van der Waals surface area contributed by atoms with Crippen molar-refractivity contribution in [2.45, 2.75) is 12.5 Å². The van der Waals surface area contributed by atoms with E-state index in [1.165, 1.54) is 11.1 Å². The molecule has 9 heteroatoms. The summed E-state index contributed by atoms with van der Waals surface area (Å²) in [5.74, 6) is -0.201. The molecule has 2 heterocycles. The summed E-state index contributed by atoms with van der Waals surface area (Å²) >= 11 is 6.05. The first kappa shape index (κ1) is 23.2. The maximum Gasteiger partial charge on any atom is 0.261 e. The summed E-state index contributed by atoms with van der Waals surface area (Å²) in [6.45, 7) is 0. The molecule has 3 aromatic rings. The molecule has 0 radical (unpaired) electrons. The first-order valence-electron chi connectivity index (χ1n) is 10.5. The third-order valence-corrected chi connectivity index (χ3v) is 7.50. The predicted octanol–water partition coefficient (Wildman–Crippen LogP) is 3.70. The van der Waals surface area contributed by atoms with Gasteiger partial charge in [0, 0.05) is 42.5 Å². The molecule has 1 fully saturated rings. The number of hydrazine groups is 1. The third-order valence-electron chi connectivity index (χ3n) is 5.50. The molecule has 1 amide bonds. The zero-order valence-corrected chi connectivity index (χ0v) is 20.0. The van der Waals surface area contributed by atoms with Crippen LogP contribution in [-0.4, -0.2) is 65.8 Å². The Morgan fingerprint density at radius 3 is 2.42 bits per heavy atom. The van der Waals surface area contributed by atoms with Crippen LogP contribution in [0.5, 0.6) is 0 Å². The van der Waals surface area contributed by atoms with E-state index in [1.54, 1.807) is 42.0 Å². The van der Waals surface area contributed by atoms with Gasteiger partial charge in [0.2, 0.25) is 0 Å². The molecule has 1 saturated heterocycles. The van der Waals surface area contributed by atoms with Gasteiger partial charge in [-0.2, -0.15) is 5.10 Å². The van der Waals surface area contributed by atoms with Crippen LogP contribution in [0.1, 0.15) is 12.0 Å². The van der Waals surface area contributed by atoms with Crippen LogP contribution in [0.2, 0.25) is 5.02 Å². The highest BCUT2D eigenvalue weighted by atomic mass is 35.5. The highest BCUT2D eigenvalue weighted by Crippen LogP contribution is 2.27. The van der Waals surface area contributed by atoms with Gasteiger partial charge in [-0.1, -0.05) is 41.9 Å². The molecule has 0 bridgehead atoms. The average Bonchev–Trinajstić information content (AvgIpc) is 3.36. The SMILES string of the molecule is CN(C)N(C(=O)/C=C/c1cn(-c2ccccc2)nc1-c1ccc(Cl)cc1)C1CCS(=O)(=O)C1. The van der Waals surface area contributed by atoms with E-state index >= 15 is 0 Å². The first-order valence-corrected chi connectivity index (χ1v) is 12.7. The summed E-state index contributed by atoms with van der Waals surface area (Å²) in [6, 6.07) is 16.7. The molecule has 172 valence electrons. The van der Waals surface area contributed by atoms with Crippen LogP contribution in [0.4, 0.5) is 0 Å². The van der Waals surface area contributed by atoms with Gasteiger partial charge in [-0.3, -0.25) is 9.80 Å². The van der Waals surface area contributed by atoms with Crippen molar-refractivity contribution in [1.29, 1.82) is 0 Å². The van der Waals surface area contributed by atoms with Crippen molar-refractivity contribution >= 4 is 33.4 Å². The monoisotopic (exact) mass is 484 g/mol. The molecule has 4 rings (SSSR count). The molecule has 1 aliphatic rings. The maximum atomic E-state index is 13.1. The lowest BCUT2D eigenvalue weighted by molar-refractivity contribution is -0.143. The molecule has 1 aliphatic heterocycles. The Balaban J connectivity index is 1.67. The van der Waals surface area contributed by atoms with E-state index in [1.807, 2.05) is 48.7 Å². The smallest absolute Gasteiger partial charge is 0.261 e. The van der Waals surface area contributed by atoms with Crippen molar-refractivity contribution in [3.05, 3.63) is 77.5 Å². The van der Waals surface area contributed by atoms with Gasteiger partial charge in [-0.15, -0.1) is 0 Å². The van der Waals surface area contributed by atoms with Gasteiger partial charge in [-0.05, 0) is 36.8 Å². The summed E-state index contributed by atoms with van der Waals surface area (Å²) in [5.41, 5.74) is 3.23. The number of sulfone groups is 1. The lowest BCUT2D eigenvalue weighted by Crippen LogP contribution is -2.48. The lowest BCUT2D eigenvalue weighted by atomic mass is 10.1. The van der Waals surface area contributed by atoms with Crippen LogP contribution >= 0.6 is 11.6 Å². The minimum atomic E-state index is -3.12.